The van der Waals surface area contributed by atoms with E-state index in [2.05, 4.69) is 36.8 Å². The van der Waals surface area contributed by atoms with Crippen LogP contribution in [-0.2, 0) is 35.3 Å². The Kier molecular flexibility index (Phi) is 21.2. The minimum Gasteiger partial charge on any atom is -0.492 e. The first kappa shape index (κ1) is 61.3. The number of benzene rings is 4. The molecular formula is C59H70ClN11O13. The number of imide groups is 1. The predicted molar refractivity (Wildman–Crippen MR) is 313 cm³/mol. The van der Waals surface area contributed by atoms with E-state index in [1.807, 2.05) is 45.2 Å². The Morgan fingerprint density at radius 3 is 2.26 bits per heavy atom. The summed E-state index contributed by atoms with van der Waals surface area (Å²) in [6.45, 7) is 7.34. The molecule has 0 radical (unpaired) electrons. The van der Waals surface area contributed by atoms with E-state index in [-0.39, 0.29) is 94.1 Å². The molecule has 25 heteroatoms. The van der Waals surface area contributed by atoms with Gasteiger partial charge in [0, 0.05) is 112 Å². The summed E-state index contributed by atoms with van der Waals surface area (Å²) >= 11 is 6.53. The van der Waals surface area contributed by atoms with Crippen molar-refractivity contribution >= 4 is 98.4 Å². The molecule has 84 heavy (non-hydrogen) atoms. The molecule has 0 bridgehead atoms. The number of likely N-dealkylation sites (N-methyl/N-ethyl adjacent to an activating group) is 1. The van der Waals surface area contributed by atoms with E-state index in [9.17, 15) is 43.2 Å². The van der Waals surface area contributed by atoms with E-state index in [1.54, 1.807) is 64.4 Å². The first-order chi connectivity index (χ1) is 40.5. The van der Waals surface area contributed by atoms with Crippen molar-refractivity contribution in [1.82, 2.24) is 41.3 Å². The molecule has 8 rings (SSSR count). The highest BCUT2D eigenvalue weighted by Crippen LogP contribution is 2.46. The Labute approximate surface area is 490 Å². The van der Waals surface area contributed by atoms with Gasteiger partial charge in [-0.05, 0) is 85.1 Å². The number of alkyl carbamates (subject to hydrolysis) is 1. The van der Waals surface area contributed by atoms with Crippen LogP contribution >= 0.6 is 11.6 Å². The molecule has 4 aromatic carbocycles. The zero-order valence-electron chi connectivity index (χ0n) is 47.0. The molecule has 446 valence electrons. The molecule has 1 fully saturated rings. The van der Waals surface area contributed by atoms with E-state index in [0.717, 1.165) is 34.3 Å². The average Bonchev–Trinajstić information content (AvgIpc) is 1.71. The van der Waals surface area contributed by atoms with Crippen LogP contribution in [0.5, 0.6) is 11.5 Å². The number of nitrogens with two attached hydrogens (primary N) is 1. The summed E-state index contributed by atoms with van der Waals surface area (Å²) in [7, 11) is 2.01. The van der Waals surface area contributed by atoms with E-state index >= 15 is 0 Å². The van der Waals surface area contributed by atoms with Gasteiger partial charge in [0.25, 0.3) is 17.7 Å². The summed E-state index contributed by atoms with van der Waals surface area (Å²) in [5.74, 6) is -1.68. The monoisotopic (exact) mass is 1180 g/mol. The summed E-state index contributed by atoms with van der Waals surface area (Å²) < 4.78 is 23.4. The van der Waals surface area contributed by atoms with Gasteiger partial charge in [0.1, 0.15) is 36.3 Å². The van der Waals surface area contributed by atoms with Crippen LogP contribution in [0, 0.1) is 5.92 Å². The van der Waals surface area contributed by atoms with Crippen LogP contribution in [-0.4, -0.2) is 165 Å². The summed E-state index contributed by atoms with van der Waals surface area (Å²) in [6, 6.07) is 20.2. The fourth-order valence-electron chi connectivity index (χ4n) is 9.99. The van der Waals surface area contributed by atoms with Gasteiger partial charge < -0.3 is 71.0 Å². The molecule has 8 N–H and O–H groups in total. The molecule has 5 aromatic rings. The van der Waals surface area contributed by atoms with Crippen molar-refractivity contribution in [3.8, 4) is 11.5 Å². The number of nitrogens with zero attached hydrogens (tertiary/aromatic N) is 4. The van der Waals surface area contributed by atoms with Crippen molar-refractivity contribution < 1.29 is 61.8 Å². The van der Waals surface area contributed by atoms with Crippen LogP contribution in [0.3, 0.4) is 0 Å². The van der Waals surface area contributed by atoms with Gasteiger partial charge in [-0.15, -0.1) is 11.6 Å². The molecule has 3 aliphatic heterocycles. The van der Waals surface area contributed by atoms with E-state index in [4.69, 9.17) is 36.0 Å². The van der Waals surface area contributed by atoms with Crippen LogP contribution in [0.2, 0.25) is 0 Å². The number of carbonyl (C=O) groups is 9. The fraction of sp³-hybridized carbons (Fsp3) is 0.407. The number of alkyl halides is 1. The maximum atomic E-state index is 14.3. The Bertz CT molecular complexity index is 3250. The van der Waals surface area contributed by atoms with Crippen molar-refractivity contribution in [1.29, 1.82) is 0 Å². The molecule has 0 aliphatic carbocycles. The van der Waals surface area contributed by atoms with Crippen LogP contribution < -0.4 is 52.0 Å². The third-order valence-electron chi connectivity index (χ3n) is 14.5. The van der Waals surface area contributed by atoms with Crippen LogP contribution in [0.15, 0.2) is 95.4 Å². The second kappa shape index (κ2) is 29.0. The first-order valence-corrected chi connectivity index (χ1v) is 28.4. The molecule has 3 atom stereocenters. The van der Waals surface area contributed by atoms with Gasteiger partial charge in [-0.2, -0.15) is 0 Å². The van der Waals surface area contributed by atoms with Crippen LogP contribution in [0.25, 0.3) is 21.7 Å². The Morgan fingerprint density at radius 2 is 1.55 bits per heavy atom. The summed E-state index contributed by atoms with van der Waals surface area (Å²) in [5, 5.41) is 18.9. The average molecular weight is 1180 g/mol. The van der Waals surface area contributed by atoms with Gasteiger partial charge in [-0.3, -0.25) is 33.7 Å². The maximum Gasteiger partial charge on any atom is 0.415 e. The number of nitrogens with one attached hydrogen (secondary N) is 6. The van der Waals surface area contributed by atoms with Gasteiger partial charge in [0.05, 0.1) is 18.3 Å². The second-order valence-corrected chi connectivity index (χ2v) is 21.2. The largest absolute Gasteiger partial charge is 0.492 e. The van der Waals surface area contributed by atoms with Crippen molar-refractivity contribution in [2.45, 2.75) is 64.1 Å². The number of urea groups is 1. The second-order valence-electron chi connectivity index (χ2n) is 20.9. The quantitative estimate of drug-likeness (QED) is 0.0219. The highest BCUT2D eigenvalue weighted by Gasteiger charge is 2.37. The number of anilines is 2. The number of ether oxygens (including phenoxy) is 3. The molecular weight excluding hydrogens is 1110 g/mol. The summed E-state index contributed by atoms with van der Waals surface area (Å²) in [6.07, 6.45) is 2.09. The number of hydrogen-bond acceptors (Lipinski definition) is 15. The molecule has 4 heterocycles. The molecule has 24 nitrogen and oxygen atoms in total. The van der Waals surface area contributed by atoms with Crippen molar-refractivity contribution in [3.05, 3.63) is 108 Å². The SMILES string of the molecule is CC(C)[C@H](NCCNC(=O)CCCN1C(=O)C=CC1=O)C(=O)N[C@@H](CCCNC(N)=O)C(=O)Nc1ccc(COC(=O)NCCOc2ccc3oc(C(=O)N4C[C@@H](CCl)c5c4cc(OC(=O)N4CCN(C)CC4)c4ccccc54)cc3c2)cc1. The Balaban J connectivity index is 0.779. The number of primary amides is 1. The lowest BCUT2D eigenvalue weighted by molar-refractivity contribution is -0.137. The molecule has 10 amide bonds. The Morgan fingerprint density at radius 1 is 0.810 bits per heavy atom. The fourth-order valence-corrected chi connectivity index (χ4v) is 10.2. The molecule has 1 aromatic heterocycles. The highest BCUT2D eigenvalue weighted by atomic mass is 35.5. The predicted octanol–water partition coefficient (Wildman–Crippen LogP) is 4.93. The molecule has 0 spiro atoms. The summed E-state index contributed by atoms with van der Waals surface area (Å²) in [4.78, 5) is 121. The molecule has 1 saturated heterocycles. The topological polar surface area (TPSA) is 306 Å². The molecule has 0 saturated carbocycles. The van der Waals surface area contributed by atoms with Crippen molar-refractivity contribution in [3.63, 3.8) is 0 Å². The van der Waals surface area contributed by atoms with Crippen molar-refractivity contribution in [2.24, 2.45) is 11.7 Å². The minimum absolute atomic E-state index is 0.0867. The lowest BCUT2D eigenvalue weighted by atomic mass is 9.95. The normalized spacial score (nSPS) is 15.7. The van der Waals surface area contributed by atoms with E-state index < -0.39 is 53.9 Å². The number of piperazine rings is 1. The highest BCUT2D eigenvalue weighted by molar-refractivity contribution is 6.19. The summed E-state index contributed by atoms with van der Waals surface area (Å²) in [5.41, 5.74) is 8.19. The molecule has 3 aliphatic rings. The number of carbonyl (C=O) groups excluding carboxylic acids is 9. The third kappa shape index (κ3) is 16.1. The molecule has 0 unspecified atom stereocenters. The maximum absolute atomic E-state index is 14.3. The van der Waals surface area contributed by atoms with Gasteiger partial charge in [-0.25, -0.2) is 14.4 Å². The zero-order chi connectivity index (χ0) is 59.9. The number of rotatable bonds is 26. The van der Waals surface area contributed by atoms with Crippen molar-refractivity contribution in [2.75, 3.05) is 95.2 Å². The van der Waals surface area contributed by atoms with Gasteiger partial charge >= 0.3 is 18.2 Å². The first-order valence-electron chi connectivity index (χ1n) is 27.9. The number of amides is 10. The Hall–Kier alpha value is -8.74. The third-order valence-corrected chi connectivity index (χ3v) is 14.9. The number of furan rings is 1. The van der Waals surface area contributed by atoms with Gasteiger partial charge in [-0.1, -0.05) is 50.2 Å². The number of hydrogen-bond donors (Lipinski definition) is 7. The van der Waals surface area contributed by atoms with Crippen LogP contribution in [0.1, 0.15) is 67.1 Å². The number of fused-ring (bicyclic) bond motifs is 4. The van der Waals surface area contributed by atoms with Gasteiger partial charge in [0.2, 0.25) is 17.7 Å². The number of halogens is 1. The van der Waals surface area contributed by atoms with E-state index in [0.29, 0.717) is 71.9 Å². The zero-order valence-corrected chi connectivity index (χ0v) is 47.8. The minimum atomic E-state index is -1.01. The smallest absolute Gasteiger partial charge is 0.415 e. The van der Waals surface area contributed by atoms with Gasteiger partial charge in [0.15, 0.2) is 5.76 Å². The lowest BCUT2D eigenvalue weighted by Crippen LogP contribution is -2.54. The standard InChI is InChI=1S/C59H70ClN11O13/c1-36(2)53(63-22-21-62-49(72)11-7-24-70-50(73)18-19-51(70)74)55(76)67-44(10-6-20-64-57(61)78)54(75)66-40-14-12-37(13-15-40)35-82-58(79)65-23-29-81-41-16-17-46-38(30-41)31-48(83-46)56(77)71-34-39(33-60)52-43-9-5-4-8-42(43)47(32-45(52)71)84-59(80)69-27-25-68(3)26-28-69/h4-5,8-9,12-19,30-32,36,39,44,53,63H,6-7,10-11,20-29,33-35H2,1-3H3,(H,62,72)(H,65,79)(H,66,75)(H,67,76)(H3,61,64,78)/t39-,44+,53+/m1/s1. The van der Waals surface area contributed by atoms with E-state index in [1.165, 1.54) is 12.2 Å². The lowest BCUT2D eigenvalue weighted by Gasteiger charge is -2.31. The van der Waals surface area contributed by atoms with Crippen LogP contribution in [0.4, 0.5) is 25.8 Å².